The van der Waals surface area contributed by atoms with E-state index in [1.807, 2.05) is 36.1 Å². The van der Waals surface area contributed by atoms with Gasteiger partial charge in [-0.15, -0.1) is 0 Å². The van der Waals surface area contributed by atoms with Crippen LogP contribution in [0.1, 0.15) is 6.92 Å². The molecule has 3 nitrogen and oxygen atoms in total. The molecule has 2 rings (SSSR count). The van der Waals surface area contributed by atoms with Crippen molar-refractivity contribution in [2.75, 3.05) is 31.1 Å². The van der Waals surface area contributed by atoms with Gasteiger partial charge in [-0.25, -0.2) is 0 Å². The van der Waals surface area contributed by atoms with Gasteiger partial charge in [0, 0.05) is 26.2 Å². The number of halogens is 1. The maximum absolute atomic E-state index is 11.7. The van der Waals surface area contributed by atoms with E-state index in [0.717, 1.165) is 36.9 Å². The third kappa shape index (κ3) is 2.85. The molecule has 0 aromatic heterocycles. The predicted molar refractivity (Wildman–Crippen MR) is 75.1 cm³/mol. The van der Waals surface area contributed by atoms with Crippen LogP contribution in [0.4, 0.5) is 5.69 Å². The zero-order chi connectivity index (χ0) is 13.0. The molecule has 0 unspecified atom stereocenters. The minimum Gasteiger partial charge on any atom is -0.367 e. The second-order valence-corrected chi connectivity index (χ2v) is 4.67. The minimum atomic E-state index is 0.0938. The van der Waals surface area contributed by atoms with Crippen LogP contribution >= 0.6 is 11.6 Å². The van der Waals surface area contributed by atoms with E-state index in [2.05, 4.69) is 4.90 Å². The Labute approximate surface area is 113 Å². The van der Waals surface area contributed by atoms with Gasteiger partial charge in [-0.1, -0.05) is 29.8 Å². The Bertz CT molecular complexity index is 451. The lowest BCUT2D eigenvalue weighted by Gasteiger charge is -2.36. The molecule has 0 N–H and O–H groups in total. The Hall–Kier alpha value is -1.48. The number of carbonyl (C=O) groups is 1. The molecule has 0 bridgehead atoms. The van der Waals surface area contributed by atoms with Gasteiger partial charge in [0.2, 0.25) is 5.91 Å². The summed E-state index contributed by atoms with van der Waals surface area (Å²) in [6, 6.07) is 7.83. The molecule has 0 aliphatic carbocycles. The van der Waals surface area contributed by atoms with Crippen molar-refractivity contribution >= 4 is 23.2 Å². The lowest BCUT2D eigenvalue weighted by molar-refractivity contribution is -0.126. The number of benzene rings is 1. The number of nitrogens with zero attached hydrogens (tertiary/aromatic N) is 2. The van der Waals surface area contributed by atoms with Crippen LogP contribution in [0.5, 0.6) is 0 Å². The number of rotatable bonds is 2. The number of amides is 1. The highest BCUT2D eigenvalue weighted by Crippen LogP contribution is 2.25. The second-order valence-electron chi connectivity index (χ2n) is 4.26. The standard InChI is InChI=1S/C14H17ClN2O/c1-2-5-14(18)17-10-8-16(9-11-17)13-7-4-3-6-12(13)15/h2-7H,8-11H2,1H3/b5-2+. The van der Waals surface area contributed by atoms with Gasteiger partial charge in [0.1, 0.15) is 0 Å². The summed E-state index contributed by atoms with van der Waals surface area (Å²) in [4.78, 5) is 15.8. The van der Waals surface area contributed by atoms with E-state index in [4.69, 9.17) is 11.6 Å². The number of piperazine rings is 1. The van der Waals surface area contributed by atoms with Crippen LogP contribution in [0.3, 0.4) is 0 Å². The number of para-hydroxylation sites is 1. The topological polar surface area (TPSA) is 23.6 Å². The molecule has 1 aromatic rings. The van der Waals surface area contributed by atoms with Crippen LogP contribution < -0.4 is 4.90 Å². The van der Waals surface area contributed by atoms with Crippen molar-refractivity contribution in [3.8, 4) is 0 Å². The van der Waals surface area contributed by atoms with Crippen molar-refractivity contribution in [1.82, 2.24) is 4.90 Å². The van der Waals surface area contributed by atoms with Crippen molar-refractivity contribution in [3.05, 3.63) is 41.4 Å². The number of carbonyl (C=O) groups excluding carboxylic acids is 1. The molecule has 96 valence electrons. The molecule has 1 aliphatic heterocycles. The maximum Gasteiger partial charge on any atom is 0.246 e. The van der Waals surface area contributed by atoms with E-state index in [0.29, 0.717) is 0 Å². The largest absolute Gasteiger partial charge is 0.367 e. The van der Waals surface area contributed by atoms with Gasteiger partial charge in [-0.2, -0.15) is 0 Å². The average Bonchev–Trinajstić information content (AvgIpc) is 2.40. The summed E-state index contributed by atoms with van der Waals surface area (Å²) in [7, 11) is 0. The van der Waals surface area contributed by atoms with Crippen molar-refractivity contribution < 1.29 is 4.79 Å². The molecule has 1 heterocycles. The lowest BCUT2D eigenvalue weighted by Crippen LogP contribution is -2.48. The SMILES string of the molecule is C/C=C/C(=O)N1CCN(c2ccccc2Cl)CC1. The Balaban J connectivity index is 1.99. The van der Waals surface area contributed by atoms with Crippen LogP contribution in [-0.4, -0.2) is 37.0 Å². The molecule has 1 aromatic carbocycles. The fourth-order valence-electron chi connectivity index (χ4n) is 2.12. The van der Waals surface area contributed by atoms with Gasteiger partial charge in [0.25, 0.3) is 0 Å². The number of anilines is 1. The molecule has 0 spiro atoms. The fraction of sp³-hybridized carbons (Fsp3) is 0.357. The van der Waals surface area contributed by atoms with Gasteiger partial charge in [0.15, 0.2) is 0 Å². The summed E-state index contributed by atoms with van der Waals surface area (Å²) in [5.74, 6) is 0.0938. The van der Waals surface area contributed by atoms with Crippen LogP contribution in [0.15, 0.2) is 36.4 Å². The highest BCUT2D eigenvalue weighted by atomic mass is 35.5. The zero-order valence-electron chi connectivity index (χ0n) is 10.5. The molecule has 0 atom stereocenters. The van der Waals surface area contributed by atoms with Crippen LogP contribution in [-0.2, 0) is 4.79 Å². The number of hydrogen-bond donors (Lipinski definition) is 0. The summed E-state index contributed by atoms with van der Waals surface area (Å²) < 4.78 is 0. The molecular formula is C14H17ClN2O. The first-order valence-corrected chi connectivity index (χ1v) is 6.51. The summed E-state index contributed by atoms with van der Waals surface area (Å²) in [5.41, 5.74) is 1.05. The van der Waals surface area contributed by atoms with E-state index >= 15 is 0 Å². The number of hydrogen-bond acceptors (Lipinski definition) is 2. The van der Waals surface area contributed by atoms with Gasteiger partial charge in [-0.3, -0.25) is 4.79 Å². The Morgan fingerprint density at radius 1 is 1.22 bits per heavy atom. The predicted octanol–water partition coefficient (Wildman–Crippen LogP) is 2.56. The van der Waals surface area contributed by atoms with E-state index in [9.17, 15) is 4.79 Å². The van der Waals surface area contributed by atoms with Gasteiger partial charge >= 0.3 is 0 Å². The molecule has 18 heavy (non-hydrogen) atoms. The van der Waals surface area contributed by atoms with E-state index in [-0.39, 0.29) is 5.91 Å². The molecule has 1 aliphatic rings. The Morgan fingerprint density at radius 3 is 2.50 bits per heavy atom. The van der Waals surface area contributed by atoms with Crippen LogP contribution in [0.25, 0.3) is 0 Å². The smallest absolute Gasteiger partial charge is 0.246 e. The van der Waals surface area contributed by atoms with Crippen LogP contribution in [0.2, 0.25) is 5.02 Å². The third-order valence-corrected chi connectivity index (χ3v) is 3.41. The van der Waals surface area contributed by atoms with Crippen LogP contribution in [0, 0.1) is 0 Å². The zero-order valence-corrected chi connectivity index (χ0v) is 11.2. The monoisotopic (exact) mass is 264 g/mol. The molecular weight excluding hydrogens is 248 g/mol. The summed E-state index contributed by atoms with van der Waals surface area (Å²) >= 11 is 6.17. The Kier molecular flexibility index (Phi) is 4.26. The van der Waals surface area contributed by atoms with E-state index in [1.165, 1.54) is 0 Å². The Morgan fingerprint density at radius 2 is 1.89 bits per heavy atom. The summed E-state index contributed by atoms with van der Waals surface area (Å²) in [5, 5.41) is 0.769. The quantitative estimate of drug-likeness (QED) is 0.767. The van der Waals surface area contributed by atoms with Gasteiger partial charge in [0.05, 0.1) is 10.7 Å². The van der Waals surface area contributed by atoms with Gasteiger partial charge < -0.3 is 9.80 Å². The normalized spacial score (nSPS) is 16.3. The van der Waals surface area contributed by atoms with Crippen molar-refractivity contribution in [3.63, 3.8) is 0 Å². The fourth-order valence-corrected chi connectivity index (χ4v) is 2.38. The molecule has 0 saturated carbocycles. The van der Waals surface area contributed by atoms with Gasteiger partial charge in [-0.05, 0) is 25.1 Å². The van der Waals surface area contributed by atoms with E-state index < -0.39 is 0 Å². The molecule has 0 radical (unpaired) electrons. The second kappa shape index (κ2) is 5.91. The first kappa shape index (κ1) is 13.0. The first-order chi connectivity index (χ1) is 8.72. The highest BCUT2D eigenvalue weighted by Gasteiger charge is 2.20. The number of allylic oxidation sites excluding steroid dienone is 1. The van der Waals surface area contributed by atoms with Crippen molar-refractivity contribution in [2.24, 2.45) is 0 Å². The third-order valence-electron chi connectivity index (χ3n) is 3.09. The summed E-state index contributed by atoms with van der Waals surface area (Å²) in [6.45, 7) is 5.00. The van der Waals surface area contributed by atoms with Crippen molar-refractivity contribution in [2.45, 2.75) is 6.92 Å². The average molecular weight is 265 g/mol. The molecule has 1 amide bonds. The molecule has 4 heteroatoms. The first-order valence-electron chi connectivity index (χ1n) is 6.13. The van der Waals surface area contributed by atoms with Crippen molar-refractivity contribution in [1.29, 1.82) is 0 Å². The van der Waals surface area contributed by atoms with E-state index in [1.54, 1.807) is 12.2 Å². The molecule has 1 fully saturated rings. The maximum atomic E-state index is 11.7. The lowest BCUT2D eigenvalue weighted by atomic mass is 10.2. The summed E-state index contributed by atoms with van der Waals surface area (Å²) in [6.07, 6.45) is 3.40. The molecule has 1 saturated heterocycles. The highest BCUT2D eigenvalue weighted by molar-refractivity contribution is 6.33. The minimum absolute atomic E-state index is 0.0938.